The first-order valence-electron chi connectivity index (χ1n) is 7.10. The van der Waals surface area contributed by atoms with Gasteiger partial charge in [0.05, 0.1) is 12.2 Å². The predicted octanol–water partition coefficient (Wildman–Crippen LogP) is 1.98. The molecule has 2 N–H and O–H groups in total. The van der Waals surface area contributed by atoms with Gasteiger partial charge >= 0.3 is 0 Å². The lowest BCUT2D eigenvalue weighted by molar-refractivity contribution is -0.0279. The Morgan fingerprint density at radius 3 is 3.00 bits per heavy atom. The molecule has 1 aromatic heterocycles. The number of morpholine rings is 1. The van der Waals surface area contributed by atoms with Crippen LogP contribution in [0.25, 0.3) is 0 Å². The average molecular weight is 263 g/mol. The molecule has 0 saturated carbocycles. The summed E-state index contributed by atoms with van der Waals surface area (Å²) in [6, 6.07) is 4.34. The molecule has 1 saturated heterocycles. The van der Waals surface area contributed by atoms with E-state index in [0.717, 1.165) is 38.4 Å². The van der Waals surface area contributed by atoms with Crippen LogP contribution in [0.5, 0.6) is 0 Å². The van der Waals surface area contributed by atoms with Crippen LogP contribution >= 0.6 is 0 Å². The first kappa shape index (κ1) is 14.3. The zero-order valence-corrected chi connectivity index (χ0v) is 12.2. The molecule has 4 heteroatoms. The molecule has 0 amide bonds. The van der Waals surface area contributed by atoms with Gasteiger partial charge in [0.1, 0.15) is 5.82 Å². The van der Waals surface area contributed by atoms with Gasteiger partial charge in [-0.3, -0.25) is 0 Å². The Kier molecular flexibility index (Phi) is 4.42. The van der Waals surface area contributed by atoms with Gasteiger partial charge in [0.2, 0.25) is 0 Å². The summed E-state index contributed by atoms with van der Waals surface area (Å²) in [4.78, 5) is 6.89. The highest BCUT2D eigenvalue weighted by atomic mass is 16.5. The third-order valence-corrected chi connectivity index (χ3v) is 3.60. The van der Waals surface area contributed by atoms with Crippen LogP contribution in [0.2, 0.25) is 0 Å². The number of pyridine rings is 1. The fraction of sp³-hybridized carbons (Fsp3) is 0.667. The average Bonchev–Trinajstić information content (AvgIpc) is 2.38. The largest absolute Gasteiger partial charge is 0.372 e. The molecule has 1 aromatic rings. The van der Waals surface area contributed by atoms with Gasteiger partial charge < -0.3 is 15.4 Å². The normalized spacial score (nSPS) is 20.3. The summed E-state index contributed by atoms with van der Waals surface area (Å²) < 4.78 is 5.77. The Morgan fingerprint density at radius 1 is 1.53 bits per heavy atom. The molecule has 1 unspecified atom stereocenters. The summed E-state index contributed by atoms with van der Waals surface area (Å²) in [5.41, 5.74) is 7.22. The van der Waals surface area contributed by atoms with Gasteiger partial charge in [-0.2, -0.15) is 0 Å². The standard InChI is InChI=1S/C15H25N3O/c1-4-13(16)10-12-6-5-7-17-14(12)18-8-9-19-15(2,3)11-18/h5-7,13H,4,8-11,16H2,1-3H3. The maximum absolute atomic E-state index is 6.09. The fourth-order valence-corrected chi connectivity index (χ4v) is 2.50. The molecule has 0 aliphatic carbocycles. The summed E-state index contributed by atoms with van der Waals surface area (Å²) >= 11 is 0. The summed E-state index contributed by atoms with van der Waals surface area (Å²) in [7, 11) is 0. The van der Waals surface area contributed by atoms with Crippen molar-refractivity contribution in [3.8, 4) is 0 Å². The molecule has 0 radical (unpaired) electrons. The second kappa shape index (κ2) is 5.88. The molecule has 1 aliphatic heterocycles. The van der Waals surface area contributed by atoms with E-state index in [-0.39, 0.29) is 11.6 Å². The Bertz CT molecular complexity index is 420. The Hall–Kier alpha value is -1.13. The molecule has 4 nitrogen and oxygen atoms in total. The third-order valence-electron chi connectivity index (χ3n) is 3.60. The number of nitrogens with zero attached hydrogens (tertiary/aromatic N) is 2. The van der Waals surface area contributed by atoms with E-state index in [2.05, 4.69) is 36.7 Å². The third kappa shape index (κ3) is 3.67. The number of aromatic nitrogens is 1. The minimum absolute atomic E-state index is 0.111. The van der Waals surface area contributed by atoms with Crippen LogP contribution in [0.4, 0.5) is 5.82 Å². The van der Waals surface area contributed by atoms with Crippen LogP contribution in [0.3, 0.4) is 0 Å². The van der Waals surface area contributed by atoms with E-state index >= 15 is 0 Å². The van der Waals surface area contributed by atoms with E-state index in [0.29, 0.717) is 0 Å². The Labute approximate surface area is 116 Å². The van der Waals surface area contributed by atoms with Gasteiger partial charge in [-0.05, 0) is 38.3 Å². The Balaban J connectivity index is 2.19. The van der Waals surface area contributed by atoms with Gasteiger partial charge in [0, 0.05) is 25.3 Å². The fourth-order valence-electron chi connectivity index (χ4n) is 2.50. The van der Waals surface area contributed by atoms with E-state index in [1.807, 2.05) is 12.3 Å². The van der Waals surface area contributed by atoms with E-state index in [9.17, 15) is 0 Å². The molecule has 2 rings (SSSR count). The van der Waals surface area contributed by atoms with Crippen molar-refractivity contribution in [3.05, 3.63) is 23.9 Å². The smallest absolute Gasteiger partial charge is 0.131 e. The van der Waals surface area contributed by atoms with Crippen molar-refractivity contribution in [2.75, 3.05) is 24.6 Å². The van der Waals surface area contributed by atoms with E-state index < -0.39 is 0 Å². The first-order chi connectivity index (χ1) is 9.02. The van der Waals surface area contributed by atoms with Crippen LogP contribution in [-0.4, -0.2) is 36.3 Å². The SMILES string of the molecule is CCC(N)Cc1cccnc1N1CCOC(C)(C)C1. The molecule has 1 fully saturated rings. The number of hydrogen-bond donors (Lipinski definition) is 1. The number of nitrogens with two attached hydrogens (primary N) is 1. The number of anilines is 1. The zero-order chi connectivity index (χ0) is 13.9. The van der Waals surface area contributed by atoms with Crippen molar-refractivity contribution < 1.29 is 4.74 Å². The molecule has 19 heavy (non-hydrogen) atoms. The van der Waals surface area contributed by atoms with Crippen LogP contribution in [0.15, 0.2) is 18.3 Å². The number of rotatable bonds is 4. The van der Waals surface area contributed by atoms with Crippen molar-refractivity contribution in [1.29, 1.82) is 0 Å². The van der Waals surface area contributed by atoms with Gasteiger partial charge in [0.25, 0.3) is 0 Å². The lowest BCUT2D eigenvalue weighted by atomic mass is 10.0. The summed E-state index contributed by atoms with van der Waals surface area (Å²) in [6.07, 6.45) is 3.74. The molecular formula is C15H25N3O. The second-order valence-electron chi connectivity index (χ2n) is 5.89. The second-order valence-corrected chi connectivity index (χ2v) is 5.89. The number of hydrogen-bond acceptors (Lipinski definition) is 4. The molecule has 0 aromatic carbocycles. The molecule has 1 atom stereocenters. The molecule has 0 spiro atoms. The van der Waals surface area contributed by atoms with Gasteiger partial charge in [0.15, 0.2) is 0 Å². The van der Waals surface area contributed by atoms with Crippen molar-refractivity contribution in [2.45, 2.75) is 45.3 Å². The van der Waals surface area contributed by atoms with Crippen molar-refractivity contribution in [3.63, 3.8) is 0 Å². The minimum Gasteiger partial charge on any atom is -0.372 e. The summed E-state index contributed by atoms with van der Waals surface area (Å²) in [5, 5.41) is 0. The van der Waals surface area contributed by atoms with Crippen LogP contribution < -0.4 is 10.6 Å². The molecule has 1 aliphatic rings. The molecule has 2 heterocycles. The lowest BCUT2D eigenvalue weighted by Gasteiger charge is -2.39. The predicted molar refractivity (Wildman–Crippen MR) is 78.5 cm³/mol. The first-order valence-corrected chi connectivity index (χ1v) is 7.10. The van der Waals surface area contributed by atoms with E-state index in [1.165, 1.54) is 5.56 Å². The maximum Gasteiger partial charge on any atom is 0.131 e. The highest BCUT2D eigenvalue weighted by Crippen LogP contribution is 2.25. The van der Waals surface area contributed by atoms with Crippen LogP contribution in [0.1, 0.15) is 32.8 Å². The number of ether oxygens (including phenoxy) is 1. The zero-order valence-electron chi connectivity index (χ0n) is 12.2. The van der Waals surface area contributed by atoms with Crippen molar-refractivity contribution in [2.24, 2.45) is 5.73 Å². The highest BCUT2D eigenvalue weighted by Gasteiger charge is 2.28. The minimum atomic E-state index is -0.111. The topological polar surface area (TPSA) is 51.4 Å². The maximum atomic E-state index is 6.09. The molecular weight excluding hydrogens is 238 g/mol. The van der Waals surface area contributed by atoms with Gasteiger partial charge in [-0.1, -0.05) is 13.0 Å². The van der Waals surface area contributed by atoms with Crippen molar-refractivity contribution in [1.82, 2.24) is 4.98 Å². The van der Waals surface area contributed by atoms with Crippen molar-refractivity contribution >= 4 is 5.82 Å². The van der Waals surface area contributed by atoms with Gasteiger partial charge in [-0.15, -0.1) is 0 Å². The molecule has 0 bridgehead atoms. The highest BCUT2D eigenvalue weighted by molar-refractivity contribution is 5.48. The summed E-state index contributed by atoms with van der Waals surface area (Å²) in [6.45, 7) is 8.90. The molecule has 106 valence electrons. The van der Waals surface area contributed by atoms with E-state index in [1.54, 1.807) is 0 Å². The Morgan fingerprint density at radius 2 is 2.32 bits per heavy atom. The lowest BCUT2D eigenvalue weighted by Crippen LogP contribution is -2.49. The van der Waals surface area contributed by atoms with Crippen LogP contribution in [-0.2, 0) is 11.2 Å². The van der Waals surface area contributed by atoms with E-state index in [4.69, 9.17) is 10.5 Å². The summed E-state index contributed by atoms with van der Waals surface area (Å²) in [5.74, 6) is 1.07. The van der Waals surface area contributed by atoms with Gasteiger partial charge in [-0.25, -0.2) is 4.98 Å². The monoisotopic (exact) mass is 263 g/mol. The van der Waals surface area contributed by atoms with Crippen LogP contribution in [0, 0.1) is 0 Å². The quantitative estimate of drug-likeness (QED) is 0.902.